The lowest BCUT2D eigenvalue weighted by atomic mass is 10.1. The molecule has 1 fully saturated rings. The van der Waals surface area contributed by atoms with Gasteiger partial charge in [0.25, 0.3) is 0 Å². The van der Waals surface area contributed by atoms with Gasteiger partial charge in [0.1, 0.15) is 5.75 Å². The highest BCUT2D eigenvalue weighted by Crippen LogP contribution is 2.32. The summed E-state index contributed by atoms with van der Waals surface area (Å²) in [5.41, 5.74) is 7.49. The van der Waals surface area contributed by atoms with Crippen LogP contribution in [0.15, 0.2) is 30.6 Å². The minimum Gasteiger partial charge on any atom is -0.406 e. The molecular weight excluding hydrogens is 331 g/mol. The second-order valence-corrected chi connectivity index (χ2v) is 5.51. The number of nitrogens with zero attached hydrogens (tertiary/aromatic N) is 2. The number of halogens is 4. The van der Waals surface area contributed by atoms with E-state index in [1.165, 1.54) is 25.0 Å². The van der Waals surface area contributed by atoms with E-state index in [0.29, 0.717) is 17.0 Å². The van der Waals surface area contributed by atoms with E-state index in [-0.39, 0.29) is 24.7 Å². The first-order chi connectivity index (χ1) is 10.4. The fraction of sp³-hybridized carbons (Fsp3) is 0.400. The maximum Gasteiger partial charge on any atom is 0.573 e. The maximum absolute atomic E-state index is 12.4. The monoisotopic (exact) mass is 347 g/mol. The van der Waals surface area contributed by atoms with Crippen molar-refractivity contribution in [3.63, 3.8) is 0 Å². The van der Waals surface area contributed by atoms with E-state index in [1.54, 1.807) is 12.3 Å². The predicted molar refractivity (Wildman–Crippen MR) is 82.2 cm³/mol. The number of hydrogen-bond acceptors (Lipinski definition) is 3. The number of benzene rings is 1. The van der Waals surface area contributed by atoms with Crippen LogP contribution in [0, 0.1) is 5.92 Å². The molecule has 0 saturated heterocycles. The van der Waals surface area contributed by atoms with E-state index in [4.69, 9.17) is 5.73 Å². The minimum absolute atomic E-state index is 0. The van der Waals surface area contributed by atoms with E-state index in [9.17, 15) is 13.2 Å². The molecule has 0 spiro atoms. The Kier molecular flexibility index (Phi) is 5.21. The summed E-state index contributed by atoms with van der Waals surface area (Å²) >= 11 is 0. The van der Waals surface area contributed by atoms with Crippen LogP contribution in [-0.4, -0.2) is 16.1 Å². The summed E-state index contributed by atoms with van der Waals surface area (Å²) in [6, 6.07) is 4.40. The molecule has 0 unspecified atom stereocenters. The van der Waals surface area contributed by atoms with Crippen molar-refractivity contribution in [1.29, 1.82) is 0 Å². The van der Waals surface area contributed by atoms with E-state index >= 15 is 0 Å². The number of hydrogen-bond donors (Lipinski definition) is 1. The molecule has 2 N–H and O–H groups in total. The van der Waals surface area contributed by atoms with Crippen LogP contribution in [0.3, 0.4) is 0 Å². The molecule has 1 heterocycles. The fourth-order valence-corrected chi connectivity index (χ4v) is 2.32. The van der Waals surface area contributed by atoms with Gasteiger partial charge in [-0.15, -0.1) is 25.6 Å². The van der Waals surface area contributed by atoms with Crippen LogP contribution in [0.5, 0.6) is 5.75 Å². The standard InChI is InChI=1S/C15H16F3N3O.ClH/c16-15(17,18)22-14-4-11(6-19)3-12(5-14)13-7-20-21(9-13)8-10-1-2-10;/h3-5,7,9-10H,1-2,6,8,19H2;1H. The van der Waals surface area contributed by atoms with Gasteiger partial charge < -0.3 is 10.5 Å². The quantitative estimate of drug-likeness (QED) is 0.896. The van der Waals surface area contributed by atoms with Crippen molar-refractivity contribution in [2.45, 2.75) is 32.3 Å². The normalized spacial score (nSPS) is 14.4. The molecule has 0 atom stereocenters. The van der Waals surface area contributed by atoms with Crippen LogP contribution < -0.4 is 10.5 Å². The number of ether oxygens (including phenoxy) is 1. The molecule has 1 saturated carbocycles. The van der Waals surface area contributed by atoms with Crippen LogP contribution in [0.4, 0.5) is 13.2 Å². The van der Waals surface area contributed by atoms with Gasteiger partial charge in [-0.1, -0.05) is 0 Å². The molecule has 3 rings (SSSR count). The lowest BCUT2D eigenvalue weighted by Crippen LogP contribution is -2.17. The summed E-state index contributed by atoms with van der Waals surface area (Å²) in [7, 11) is 0. The second kappa shape index (κ2) is 6.80. The Hall–Kier alpha value is -1.73. The van der Waals surface area contributed by atoms with Gasteiger partial charge in [0.2, 0.25) is 0 Å². The van der Waals surface area contributed by atoms with Crippen molar-refractivity contribution in [3.05, 3.63) is 36.2 Å². The van der Waals surface area contributed by atoms with Gasteiger partial charge in [0.05, 0.1) is 6.20 Å². The SMILES string of the molecule is Cl.NCc1cc(OC(F)(F)F)cc(-c2cnn(CC3CC3)c2)c1. The molecule has 0 aliphatic heterocycles. The molecule has 126 valence electrons. The summed E-state index contributed by atoms with van der Waals surface area (Å²) in [5.74, 6) is 0.410. The van der Waals surface area contributed by atoms with Crippen LogP contribution in [0.1, 0.15) is 18.4 Å². The van der Waals surface area contributed by atoms with Gasteiger partial charge in [-0.05, 0) is 48.1 Å². The summed E-state index contributed by atoms with van der Waals surface area (Å²) in [6.45, 7) is 0.987. The largest absolute Gasteiger partial charge is 0.573 e. The van der Waals surface area contributed by atoms with Crippen molar-refractivity contribution < 1.29 is 17.9 Å². The van der Waals surface area contributed by atoms with Crippen LogP contribution >= 0.6 is 12.4 Å². The Morgan fingerprint density at radius 3 is 2.57 bits per heavy atom. The summed E-state index contributed by atoms with van der Waals surface area (Å²) in [5, 5.41) is 4.25. The molecule has 0 bridgehead atoms. The molecular formula is C15H17ClF3N3O. The molecule has 8 heteroatoms. The van der Waals surface area contributed by atoms with Gasteiger partial charge in [0, 0.05) is 24.8 Å². The molecule has 0 amide bonds. The lowest BCUT2D eigenvalue weighted by Gasteiger charge is -2.11. The molecule has 23 heavy (non-hydrogen) atoms. The van der Waals surface area contributed by atoms with Crippen molar-refractivity contribution >= 4 is 12.4 Å². The number of aromatic nitrogens is 2. The molecule has 4 nitrogen and oxygen atoms in total. The average molecular weight is 348 g/mol. The zero-order valence-corrected chi connectivity index (χ0v) is 13.0. The molecule has 1 aromatic heterocycles. The van der Waals surface area contributed by atoms with Gasteiger partial charge in [0.15, 0.2) is 0 Å². The van der Waals surface area contributed by atoms with Crippen LogP contribution in [0.25, 0.3) is 11.1 Å². The topological polar surface area (TPSA) is 53.1 Å². The van der Waals surface area contributed by atoms with Gasteiger partial charge in [-0.2, -0.15) is 5.10 Å². The van der Waals surface area contributed by atoms with E-state index < -0.39 is 6.36 Å². The van der Waals surface area contributed by atoms with E-state index in [0.717, 1.165) is 12.1 Å². The van der Waals surface area contributed by atoms with Gasteiger partial charge in [-0.3, -0.25) is 4.68 Å². The predicted octanol–water partition coefficient (Wildman–Crippen LogP) is 3.74. The first kappa shape index (κ1) is 17.6. The first-order valence-corrected chi connectivity index (χ1v) is 7.05. The van der Waals surface area contributed by atoms with E-state index in [2.05, 4.69) is 9.84 Å². The molecule has 1 aliphatic carbocycles. The summed E-state index contributed by atoms with van der Waals surface area (Å²) in [6.07, 6.45) is 1.18. The highest BCUT2D eigenvalue weighted by molar-refractivity contribution is 5.85. The Morgan fingerprint density at radius 2 is 1.96 bits per heavy atom. The zero-order valence-electron chi connectivity index (χ0n) is 12.2. The summed E-state index contributed by atoms with van der Waals surface area (Å²) < 4.78 is 43.0. The van der Waals surface area contributed by atoms with Crippen molar-refractivity contribution in [2.24, 2.45) is 11.7 Å². The Labute approximate surface area is 137 Å². The average Bonchev–Trinajstić information content (AvgIpc) is 3.12. The highest BCUT2D eigenvalue weighted by atomic mass is 35.5. The zero-order chi connectivity index (χ0) is 15.7. The smallest absolute Gasteiger partial charge is 0.406 e. The summed E-state index contributed by atoms with van der Waals surface area (Å²) in [4.78, 5) is 0. The van der Waals surface area contributed by atoms with Crippen molar-refractivity contribution in [1.82, 2.24) is 9.78 Å². The molecule has 0 radical (unpaired) electrons. The van der Waals surface area contributed by atoms with Crippen LogP contribution in [-0.2, 0) is 13.1 Å². The third-order valence-electron chi connectivity index (χ3n) is 3.54. The van der Waals surface area contributed by atoms with E-state index in [1.807, 2.05) is 10.9 Å². The fourth-order valence-electron chi connectivity index (χ4n) is 2.32. The third-order valence-corrected chi connectivity index (χ3v) is 3.54. The van der Waals surface area contributed by atoms with Gasteiger partial charge >= 0.3 is 6.36 Å². The van der Waals surface area contributed by atoms with Crippen molar-refractivity contribution in [3.8, 4) is 16.9 Å². The third kappa shape index (κ3) is 4.87. The minimum atomic E-state index is -4.72. The maximum atomic E-state index is 12.4. The van der Waals surface area contributed by atoms with Gasteiger partial charge in [-0.25, -0.2) is 0 Å². The lowest BCUT2D eigenvalue weighted by molar-refractivity contribution is -0.274. The van der Waals surface area contributed by atoms with Crippen LogP contribution in [0.2, 0.25) is 0 Å². The first-order valence-electron chi connectivity index (χ1n) is 7.05. The molecule has 2 aromatic rings. The number of nitrogens with two attached hydrogens (primary N) is 1. The molecule has 1 aromatic carbocycles. The Bertz CT molecular complexity index is 668. The number of rotatable bonds is 5. The number of alkyl halides is 3. The molecule has 1 aliphatic rings. The Morgan fingerprint density at radius 1 is 1.22 bits per heavy atom. The van der Waals surface area contributed by atoms with Crippen molar-refractivity contribution in [2.75, 3.05) is 0 Å². The second-order valence-electron chi connectivity index (χ2n) is 5.51. The Balaban J connectivity index is 0.00000192. The highest BCUT2D eigenvalue weighted by Gasteiger charge is 2.31.